The molecule has 0 aliphatic heterocycles. The normalized spacial score (nSPS) is 11.9. The molecule has 0 saturated carbocycles. The number of nitrogens with zero attached hydrogens (tertiary/aromatic N) is 2. The highest BCUT2D eigenvalue weighted by Gasteiger charge is 2.34. The Labute approximate surface area is 407 Å². The first-order chi connectivity index (χ1) is 32.6. The van der Waals surface area contributed by atoms with Gasteiger partial charge in [0.25, 0.3) is 0 Å². The lowest BCUT2D eigenvalue weighted by atomic mass is 9.92. The van der Waals surface area contributed by atoms with Gasteiger partial charge in [-0.1, -0.05) is 49.6 Å². The summed E-state index contributed by atoms with van der Waals surface area (Å²) in [5.74, 6) is 2.17. The number of thiazole rings is 1. The van der Waals surface area contributed by atoms with Crippen LogP contribution in [0.3, 0.4) is 0 Å². The molecule has 5 aromatic carbocycles. The van der Waals surface area contributed by atoms with Crippen molar-refractivity contribution in [3.8, 4) is 29.2 Å². The second kappa shape index (κ2) is 21.6. The van der Waals surface area contributed by atoms with Gasteiger partial charge in [-0.3, -0.25) is 0 Å². The molecule has 0 aliphatic rings. The lowest BCUT2D eigenvalue weighted by molar-refractivity contribution is -0.155. The molecule has 6 rings (SSSR count). The van der Waals surface area contributed by atoms with Crippen molar-refractivity contribution in [3.63, 3.8) is 0 Å². The molecule has 0 amide bonds. The number of hydrogen-bond donors (Lipinski definition) is 0. The minimum absolute atomic E-state index is 0.0626. The second-order valence-corrected chi connectivity index (χ2v) is 19.7. The van der Waals surface area contributed by atoms with Gasteiger partial charge in [0.05, 0.1) is 28.0 Å². The summed E-state index contributed by atoms with van der Waals surface area (Å²) in [5.41, 5.74) is -0.284. The van der Waals surface area contributed by atoms with Gasteiger partial charge >= 0.3 is 23.9 Å². The van der Waals surface area contributed by atoms with E-state index in [0.29, 0.717) is 46.9 Å². The van der Waals surface area contributed by atoms with E-state index in [-0.39, 0.29) is 17.9 Å². The van der Waals surface area contributed by atoms with Crippen molar-refractivity contribution in [2.45, 2.75) is 97.1 Å². The van der Waals surface area contributed by atoms with Gasteiger partial charge in [-0.05, 0) is 139 Å². The maximum atomic E-state index is 13.5. The maximum absolute atomic E-state index is 13.5. The monoisotopic (exact) mass is 948 g/mol. The number of benzene rings is 5. The molecule has 1 heterocycles. The van der Waals surface area contributed by atoms with Gasteiger partial charge in [-0.25, -0.2) is 29.2 Å². The quantitative estimate of drug-likeness (QED) is 0.0191. The number of fused-ring (bicyclic) bond motifs is 3. The Balaban J connectivity index is 1.13. The molecule has 0 saturated heterocycles. The fourth-order valence-electron chi connectivity index (χ4n) is 8.13. The van der Waals surface area contributed by atoms with E-state index < -0.39 is 46.3 Å². The summed E-state index contributed by atoms with van der Waals surface area (Å²) in [6.07, 6.45) is 4.90. The molecule has 0 N–H and O–H groups in total. The summed E-state index contributed by atoms with van der Waals surface area (Å²) in [5, 5.41) is 2.75. The Hall–Kier alpha value is -7.56. The van der Waals surface area contributed by atoms with Crippen LogP contribution in [0.4, 0.5) is 0 Å². The van der Waals surface area contributed by atoms with Crippen molar-refractivity contribution in [1.29, 1.82) is 0 Å². The summed E-state index contributed by atoms with van der Waals surface area (Å²) in [6, 6.07) is 33.4. The number of esters is 4. The fraction of sp³-hybridized carbons (Fsp3) is 0.286. The molecule has 69 heavy (non-hydrogen) atoms. The van der Waals surface area contributed by atoms with Gasteiger partial charge in [0, 0.05) is 54.6 Å². The molecule has 13 heteroatoms. The molecule has 6 aromatic rings. The van der Waals surface area contributed by atoms with Gasteiger partial charge in [-0.15, -0.1) is 11.3 Å². The van der Waals surface area contributed by atoms with Gasteiger partial charge in [0.15, 0.2) is 5.01 Å². The molecule has 0 bridgehead atoms. The number of aromatic nitrogens is 1. The number of carbonyl (C=O) groups excluding carboxylic acids is 4. The standard InChI is InChI=1S/C56H56N2O10S/c1-11-48(59)67-55(7,8)35-53(3,4)65-42-23-18-39(19-24-42)51(61)63-32-30-37-17-27-45(41(33-37)34-57-31-29-47-58-50-44-16-14-13-15-38(44)22-28-46(50)69-47)64-52(62)40-20-25-43(26-21-40)66-54(5,6)36-56(9,10)68-49(60)12-2/h11-28,33-34H,1-2,30,32,35-36H2,3-10H3. The zero-order chi connectivity index (χ0) is 50.0. The van der Waals surface area contributed by atoms with E-state index in [1.54, 1.807) is 94.4 Å². The third-order valence-electron chi connectivity index (χ3n) is 10.4. The molecule has 0 fully saturated rings. The van der Waals surface area contributed by atoms with Crippen LogP contribution in [0, 0.1) is 12.0 Å². The van der Waals surface area contributed by atoms with Crippen molar-refractivity contribution in [2.24, 2.45) is 4.99 Å². The Morgan fingerprint density at radius 3 is 1.83 bits per heavy atom. The van der Waals surface area contributed by atoms with Gasteiger partial charge in [0.2, 0.25) is 0 Å². The van der Waals surface area contributed by atoms with Crippen molar-refractivity contribution in [2.75, 3.05) is 6.61 Å². The molecule has 0 radical (unpaired) electrons. The summed E-state index contributed by atoms with van der Waals surface area (Å²) in [7, 11) is 0. The maximum Gasteiger partial charge on any atom is 0.343 e. The lowest BCUT2D eigenvalue weighted by Gasteiger charge is -2.34. The molecule has 12 nitrogen and oxygen atoms in total. The highest BCUT2D eigenvalue weighted by Crippen LogP contribution is 2.32. The van der Waals surface area contributed by atoms with E-state index in [1.165, 1.54) is 17.6 Å². The average Bonchev–Trinajstić information content (AvgIpc) is 3.71. The van der Waals surface area contributed by atoms with Crippen LogP contribution in [-0.2, 0) is 30.2 Å². The zero-order valence-corrected chi connectivity index (χ0v) is 41.0. The van der Waals surface area contributed by atoms with E-state index in [4.69, 9.17) is 33.4 Å². The lowest BCUT2D eigenvalue weighted by Crippen LogP contribution is -2.40. The number of hydrogen-bond acceptors (Lipinski definition) is 13. The van der Waals surface area contributed by atoms with Gasteiger partial charge < -0.3 is 28.4 Å². The molecule has 1 aromatic heterocycles. The van der Waals surface area contributed by atoms with E-state index in [1.807, 2.05) is 58.0 Å². The highest BCUT2D eigenvalue weighted by molar-refractivity contribution is 7.19. The van der Waals surface area contributed by atoms with E-state index >= 15 is 0 Å². The van der Waals surface area contributed by atoms with Crippen molar-refractivity contribution < 1.29 is 47.6 Å². The first-order valence-corrected chi connectivity index (χ1v) is 23.1. The Kier molecular flexibility index (Phi) is 15.9. The summed E-state index contributed by atoms with van der Waals surface area (Å²) < 4.78 is 35.9. The average molecular weight is 949 g/mol. The molecular formula is C56H56N2O10S. The highest BCUT2D eigenvalue weighted by atomic mass is 32.1. The summed E-state index contributed by atoms with van der Waals surface area (Å²) in [4.78, 5) is 59.4. The Morgan fingerprint density at radius 2 is 1.25 bits per heavy atom. The number of carbonyl (C=O) groups is 4. The largest absolute Gasteiger partial charge is 0.488 e. The molecular weight excluding hydrogens is 893 g/mol. The Morgan fingerprint density at radius 1 is 0.681 bits per heavy atom. The molecule has 0 spiro atoms. The Bertz CT molecular complexity index is 2970. The van der Waals surface area contributed by atoms with E-state index in [0.717, 1.165) is 38.7 Å². The van der Waals surface area contributed by atoms with Crippen LogP contribution < -0.4 is 14.2 Å². The summed E-state index contributed by atoms with van der Waals surface area (Å²) in [6.45, 7) is 21.7. The number of aliphatic imine (C=N–C) groups is 1. The molecule has 0 unspecified atom stereocenters. The number of ether oxygens (including phenoxy) is 6. The third-order valence-corrected chi connectivity index (χ3v) is 11.3. The van der Waals surface area contributed by atoms with Gasteiger partial charge in [-0.2, -0.15) is 0 Å². The van der Waals surface area contributed by atoms with E-state index in [9.17, 15) is 19.2 Å². The van der Waals surface area contributed by atoms with Crippen LogP contribution in [0.5, 0.6) is 17.2 Å². The topological polar surface area (TPSA) is 149 Å². The minimum atomic E-state index is -0.815. The first kappa shape index (κ1) is 50.8. The second-order valence-electron chi connectivity index (χ2n) is 18.7. The predicted molar refractivity (Wildman–Crippen MR) is 269 cm³/mol. The van der Waals surface area contributed by atoms with Gasteiger partial charge in [0.1, 0.15) is 39.7 Å². The van der Waals surface area contributed by atoms with Crippen LogP contribution in [0.25, 0.3) is 21.0 Å². The molecule has 0 atom stereocenters. The third kappa shape index (κ3) is 14.7. The molecule has 356 valence electrons. The van der Waals surface area contributed by atoms with Crippen molar-refractivity contribution >= 4 is 62.4 Å². The van der Waals surface area contributed by atoms with Crippen molar-refractivity contribution in [3.05, 3.63) is 156 Å². The SMILES string of the molecule is C=CC(=O)OC(C)(C)CC(C)(C)Oc1ccc(C(=O)OCCc2ccc(OC(=O)c3ccc(OC(C)(C)CC(C)(C)OC(=O)C=C)cc3)c(C=NC#Cc3nc4c(ccc5ccccc54)s3)c2)cc1. The van der Waals surface area contributed by atoms with E-state index in [2.05, 4.69) is 36.2 Å². The smallest absolute Gasteiger partial charge is 0.343 e. The van der Waals surface area contributed by atoms with Crippen molar-refractivity contribution in [1.82, 2.24) is 4.98 Å². The molecule has 0 aliphatic carbocycles. The van der Waals surface area contributed by atoms with Crippen LogP contribution in [-0.4, -0.2) is 64.1 Å². The first-order valence-electron chi connectivity index (χ1n) is 22.3. The minimum Gasteiger partial charge on any atom is -0.488 e. The predicted octanol–water partition coefficient (Wildman–Crippen LogP) is 11.6. The van der Waals surface area contributed by atoms with Crippen LogP contribution in [0.1, 0.15) is 105 Å². The fourth-order valence-corrected chi connectivity index (χ4v) is 8.96. The summed E-state index contributed by atoms with van der Waals surface area (Å²) >= 11 is 1.47. The van der Waals surface area contributed by atoms with Crippen LogP contribution in [0.2, 0.25) is 0 Å². The van der Waals surface area contributed by atoms with Crippen LogP contribution in [0.15, 0.2) is 133 Å². The zero-order valence-electron chi connectivity index (χ0n) is 40.2. The van der Waals surface area contributed by atoms with Crippen LogP contribution >= 0.6 is 11.3 Å². The number of rotatable bonds is 19.